The maximum Gasteiger partial charge on any atom is 0.408 e. The Hall–Kier alpha value is -3.48. The Balaban J connectivity index is 1.45. The van der Waals surface area contributed by atoms with Gasteiger partial charge in [-0.05, 0) is 70.6 Å². The summed E-state index contributed by atoms with van der Waals surface area (Å²) in [5.41, 5.74) is -2.50. The molecule has 1 saturated heterocycles. The van der Waals surface area contributed by atoms with Crippen LogP contribution in [0.4, 0.5) is 4.79 Å². The minimum atomic E-state index is -3.87. The van der Waals surface area contributed by atoms with Gasteiger partial charge in [0.1, 0.15) is 40.9 Å². The van der Waals surface area contributed by atoms with Gasteiger partial charge in [0.2, 0.25) is 27.7 Å². The number of rotatable bonds is 10. The Kier molecular flexibility index (Phi) is 10.3. The third-order valence-electron chi connectivity index (χ3n) is 8.71. The van der Waals surface area contributed by atoms with Crippen molar-refractivity contribution in [1.82, 2.24) is 30.2 Å². The molecule has 1 aromatic carbocycles. The minimum absolute atomic E-state index is 0.0133. The van der Waals surface area contributed by atoms with Gasteiger partial charge in [-0.15, -0.1) is 0 Å². The van der Waals surface area contributed by atoms with E-state index in [1.165, 1.54) is 12.0 Å². The lowest BCUT2D eigenvalue weighted by molar-refractivity contribution is -0.142. The molecule has 50 heavy (non-hydrogen) atoms. The summed E-state index contributed by atoms with van der Waals surface area (Å²) in [6.07, 6.45) is -0.374. The molecule has 0 radical (unpaired) electrons. The molecule has 0 spiro atoms. The number of alkyl halides is 1. The number of amides is 4. The molecule has 3 aliphatic rings. The van der Waals surface area contributed by atoms with Crippen molar-refractivity contribution >= 4 is 67.3 Å². The van der Waals surface area contributed by atoms with Gasteiger partial charge < -0.3 is 29.7 Å². The summed E-state index contributed by atoms with van der Waals surface area (Å²) in [5.74, 6) is -0.782. The zero-order chi connectivity index (χ0) is 37.0. The minimum Gasteiger partial charge on any atom is -0.497 e. The third-order valence-corrected chi connectivity index (χ3v) is 12.0. The molecule has 2 saturated carbocycles. The number of halogens is 1. The van der Waals surface area contributed by atoms with Crippen molar-refractivity contribution in [2.24, 2.45) is 5.41 Å². The van der Waals surface area contributed by atoms with Crippen molar-refractivity contribution in [3.8, 4) is 11.6 Å². The predicted molar refractivity (Wildman–Crippen MR) is 191 cm³/mol. The number of hydrogen-bond donors (Lipinski definition) is 3. The molecule has 5 atom stereocenters. The summed E-state index contributed by atoms with van der Waals surface area (Å²) >= 11 is 2.00. The number of fused-ring (bicyclic) bond motifs is 1. The Bertz CT molecular complexity index is 1810. The van der Waals surface area contributed by atoms with Gasteiger partial charge in [0.05, 0.1) is 29.8 Å². The molecule has 2 aliphatic carbocycles. The number of aryl methyl sites for hydroxylation is 1. The first kappa shape index (κ1) is 37.8. The lowest BCUT2D eigenvalue weighted by Crippen LogP contribution is -2.60. The van der Waals surface area contributed by atoms with Crippen LogP contribution >= 0.6 is 22.6 Å². The quantitative estimate of drug-likeness (QED) is 0.236. The van der Waals surface area contributed by atoms with Crippen LogP contribution in [0.15, 0.2) is 18.2 Å². The summed E-state index contributed by atoms with van der Waals surface area (Å²) < 4.78 is 44.2. The van der Waals surface area contributed by atoms with Gasteiger partial charge in [-0.3, -0.25) is 19.1 Å². The topological polar surface area (TPSA) is 195 Å². The number of aromatic nitrogens is 2. The van der Waals surface area contributed by atoms with Gasteiger partial charge in [-0.1, -0.05) is 43.4 Å². The van der Waals surface area contributed by atoms with E-state index in [-0.39, 0.29) is 29.2 Å². The highest BCUT2D eigenvalue weighted by Crippen LogP contribution is 2.44. The molecule has 2 heterocycles. The molecule has 1 aromatic heterocycles. The van der Waals surface area contributed by atoms with E-state index in [0.717, 1.165) is 0 Å². The van der Waals surface area contributed by atoms with E-state index >= 15 is 0 Å². The number of carbonyl (C=O) groups is 4. The molecular weight excluding hydrogens is 783 g/mol. The van der Waals surface area contributed by atoms with E-state index in [1.54, 1.807) is 66.7 Å². The van der Waals surface area contributed by atoms with Gasteiger partial charge in [-0.2, -0.15) is 4.98 Å². The van der Waals surface area contributed by atoms with Crippen LogP contribution < -0.4 is 24.8 Å². The highest BCUT2D eigenvalue weighted by atomic mass is 127. The number of sulfonamides is 1. The Morgan fingerprint density at radius 2 is 1.74 bits per heavy atom. The Labute approximate surface area is 305 Å². The van der Waals surface area contributed by atoms with Crippen LogP contribution in [0.25, 0.3) is 10.9 Å². The smallest absolute Gasteiger partial charge is 0.408 e. The third kappa shape index (κ3) is 8.35. The van der Waals surface area contributed by atoms with Crippen LogP contribution in [0.5, 0.6) is 11.6 Å². The molecule has 3 fully saturated rings. The molecule has 2 unspecified atom stereocenters. The maximum atomic E-state index is 14.4. The largest absolute Gasteiger partial charge is 0.497 e. The highest BCUT2D eigenvalue weighted by molar-refractivity contribution is 14.1. The van der Waals surface area contributed by atoms with Gasteiger partial charge in [0, 0.05) is 10.3 Å². The van der Waals surface area contributed by atoms with E-state index in [0.29, 0.717) is 35.3 Å². The van der Waals surface area contributed by atoms with Crippen molar-refractivity contribution in [3.63, 3.8) is 0 Å². The van der Waals surface area contributed by atoms with Gasteiger partial charge in [0.25, 0.3) is 5.91 Å². The van der Waals surface area contributed by atoms with Crippen molar-refractivity contribution in [3.05, 3.63) is 24.0 Å². The van der Waals surface area contributed by atoms with Crippen molar-refractivity contribution in [2.45, 2.75) is 113 Å². The van der Waals surface area contributed by atoms with Gasteiger partial charge in [0.15, 0.2) is 0 Å². The first-order valence-corrected chi connectivity index (χ1v) is 19.2. The van der Waals surface area contributed by atoms with E-state index in [2.05, 4.69) is 25.3 Å². The normalized spacial score (nSPS) is 24.3. The van der Waals surface area contributed by atoms with Crippen molar-refractivity contribution < 1.29 is 41.8 Å². The second-order valence-corrected chi connectivity index (χ2v) is 18.7. The number of alkyl carbamates (subject to hydrolysis) is 1. The second kappa shape index (κ2) is 13.6. The molecule has 15 nitrogen and oxygen atoms in total. The number of benzene rings is 1. The number of nitrogens with one attached hydrogen (secondary N) is 3. The van der Waals surface area contributed by atoms with E-state index in [4.69, 9.17) is 14.2 Å². The fraction of sp³-hybridized carbons (Fsp3) is 0.636. The molecule has 4 amide bonds. The molecule has 1 aliphatic heterocycles. The molecule has 17 heteroatoms. The molecule has 3 N–H and O–H groups in total. The summed E-state index contributed by atoms with van der Waals surface area (Å²) in [4.78, 5) is 65.2. The SMILES string of the molecule is COc1ccc2nc(C)nc(O[C@@H]3CC(C(=O)N[C@]4(C(=O)NS(=O)(=O)C5CC5)C[C@H]4I)N(C(=O)C(NC(=O)OC(C)(C)C)C(C)(C)C)C3)c2c1. The average molecular weight is 829 g/mol. The van der Waals surface area contributed by atoms with Crippen molar-refractivity contribution in [2.75, 3.05) is 13.7 Å². The summed E-state index contributed by atoms with van der Waals surface area (Å²) in [6, 6.07) is 3.02. The zero-order valence-electron chi connectivity index (χ0n) is 29.5. The number of methoxy groups -OCH3 is 1. The van der Waals surface area contributed by atoms with Crippen LogP contribution in [0.2, 0.25) is 0 Å². The van der Waals surface area contributed by atoms with E-state index < -0.39 is 73.8 Å². The standard InChI is InChI=1S/C33H45IN6O9S/c1-17-35-22-12-9-18(47-8)13-21(22)27(36-17)48-19-14-23(26(41)38-33(15-24(33)34)29(43)39-50(45,46)20-10-11-20)40(16-19)28(42)25(31(2,3)4)37-30(44)49-32(5,6)7/h9,12-13,19-20,23-25H,10-11,14-16H2,1-8H3,(H,37,44)(H,38,41)(H,39,43)/t19-,23?,24-,25?,33-/m1/s1. The highest BCUT2D eigenvalue weighted by Gasteiger charge is 2.62. The van der Waals surface area contributed by atoms with Crippen LogP contribution in [-0.2, 0) is 29.1 Å². The van der Waals surface area contributed by atoms with E-state index in [9.17, 15) is 27.6 Å². The fourth-order valence-corrected chi connectivity index (χ4v) is 8.31. The first-order chi connectivity index (χ1) is 23.1. The predicted octanol–water partition coefficient (Wildman–Crippen LogP) is 2.91. The Morgan fingerprint density at radius 3 is 2.30 bits per heavy atom. The van der Waals surface area contributed by atoms with Crippen LogP contribution in [0.3, 0.4) is 0 Å². The molecule has 274 valence electrons. The average Bonchev–Trinajstić information content (AvgIpc) is 3.91. The number of nitrogens with zero attached hydrogens (tertiary/aromatic N) is 3. The Morgan fingerprint density at radius 1 is 1.08 bits per heavy atom. The summed E-state index contributed by atoms with van der Waals surface area (Å²) in [6.45, 7) is 12.1. The lowest BCUT2D eigenvalue weighted by Gasteiger charge is -2.36. The van der Waals surface area contributed by atoms with Crippen LogP contribution in [0.1, 0.15) is 73.1 Å². The molecule has 5 rings (SSSR count). The summed E-state index contributed by atoms with van der Waals surface area (Å²) in [5, 5.41) is 5.42. The lowest BCUT2D eigenvalue weighted by atomic mass is 9.85. The van der Waals surface area contributed by atoms with Crippen molar-refractivity contribution in [1.29, 1.82) is 0 Å². The van der Waals surface area contributed by atoms with Gasteiger partial charge >= 0.3 is 6.09 Å². The monoisotopic (exact) mass is 828 g/mol. The van der Waals surface area contributed by atoms with Crippen LogP contribution in [-0.4, -0.2) is 99.3 Å². The molecular formula is C33H45IN6O9S. The van der Waals surface area contributed by atoms with Gasteiger partial charge in [-0.25, -0.2) is 18.2 Å². The number of carbonyl (C=O) groups excluding carboxylic acids is 4. The number of ether oxygens (including phenoxy) is 3. The van der Waals surface area contributed by atoms with Crippen LogP contribution in [0, 0.1) is 12.3 Å². The zero-order valence-corrected chi connectivity index (χ0v) is 32.4. The summed E-state index contributed by atoms with van der Waals surface area (Å²) in [7, 11) is -2.33. The fourth-order valence-electron chi connectivity index (χ4n) is 5.81. The number of likely N-dealkylation sites (tertiary alicyclic amines) is 1. The molecule has 2 aromatic rings. The molecule has 0 bridgehead atoms. The second-order valence-electron chi connectivity index (χ2n) is 15.2. The maximum absolute atomic E-state index is 14.4. The van der Waals surface area contributed by atoms with E-state index in [1.807, 2.05) is 22.6 Å². The first-order valence-electron chi connectivity index (χ1n) is 16.4. The number of hydrogen-bond acceptors (Lipinski definition) is 11.